The summed E-state index contributed by atoms with van der Waals surface area (Å²) in [6.45, 7) is 7.95. The van der Waals surface area contributed by atoms with Crippen molar-refractivity contribution in [3.8, 4) is 0 Å². The second-order valence-electron chi connectivity index (χ2n) is 23.0. The van der Waals surface area contributed by atoms with E-state index >= 15 is 0 Å². The Bertz CT molecular complexity index is 1210. The first-order valence-corrected chi connectivity index (χ1v) is 26.0. The highest BCUT2D eigenvalue weighted by Crippen LogP contribution is 2.65. The van der Waals surface area contributed by atoms with Crippen molar-refractivity contribution in [1.29, 1.82) is 0 Å². The maximum atomic E-state index is 7.04. The Hall–Kier alpha value is 0.270. The summed E-state index contributed by atoms with van der Waals surface area (Å²) in [5, 5.41) is 1.76. The summed E-state index contributed by atoms with van der Waals surface area (Å²) in [4.78, 5) is 3.53. The Morgan fingerprint density at radius 1 is 0.415 bits per heavy atom. The van der Waals surface area contributed by atoms with Gasteiger partial charge in [0.2, 0.25) is 0 Å². The second-order valence-corrected chi connectivity index (χ2v) is 24.3. The van der Waals surface area contributed by atoms with E-state index in [1.165, 1.54) is 116 Å². The van der Waals surface area contributed by atoms with E-state index in [-0.39, 0.29) is 0 Å². The summed E-state index contributed by atoms with van der Waals surface area (Å²) in [5.41, 5.74) is 0.426. The van der Waals surface area contributed by atoms with E-state index in [9.17, 15) is 0 Å². The summed E-state index contributed by atoms with van der Waals surface area (Å²) in [6.07, 6.45) is 43.8. The molecule has 10 fully saturated rings. The first-order valence-electron chi connectivity index (χ1n) is 25.0. The van der Waals surface area contributed by atoms with Crippen molar-refractivity contribution in [3.05, 3.63) is 0 Å². The summed E-state index contributed by atoms with van der Waals surface area (Å²) in [7, 11) is 0. The van der Waals surface area contributed by atoms with Crippen LogP contribution in [0.15, 0.2) is 0 Å². The molecule has 0 amide bonds. The lowest BCUT2D eigenvalue weighted by atomic mass is 9.56. The Labute approximate surface area is 332 Å². The molecule has 0 aromatic heterocycles. The van der Waals surface area contributed by atoms with Gasteiger partial charge in [0.1, 0.15) is 0 Å². The van der Waals surface area contributed by atoms with Crippen LogP contribution in [0.2, 0.25) is 0 Å². The third kappa shape index (κ3) is 7.01. The zero-order valence-corrected chi connectivity index (χ0v) is 35.8. The predicted octanol–water partition coefficient (Wildman–Crippen LogP) is 13.5. The van der Waals surface area contributed by atoms with Crippen molar-refractivity contribution in [2.45, 2.75) is 241 Å². The van der Waals surface area contributed by atoms with Crippen LogP contribution in [-0.4, -0.2) is 45.7 Å². The molecule has 0 aromatic carbocycles. The third-order valence-corrected chi connectivity index (χ3v) is 21.7. The molecule has 14 unspecified atom stereocenters. The topological polar surface area (TPSA) is 12.5 Å². The highest BCUT2D eigenvalue weighted by Gasteiger charge is 2.63. The number of nitrogens with zero attached hydrogens (tertiary/aromatic N) is 1. The predicted molar refractivity (Wildman–Crippen MR) is 224 cm³/mol. The minimum Gasteiger partial charge on any atom is -0.374 e. The fourth-order valence-electron chi connectivity index (χ4n) is 17.6. The molecule has 2 aliphatic heterocycles. The van der Waals surface area contributed by atoms with E-state index in [2.05, 4.69) is 37.4 Å². The zero-order valence-electron chi connectivity index (χ0n) is 35.0. The smallest absolute Gasteiger partial charge is 0.0621 e. The Kier molecular flexibility index (Phi) is 11.2. The van der Waals surface area contributed by atoms with Gasteiger partial charge in [-0.25, -0.2) is 0 Å². The minimum absolute atomic E-state index is 0.426. The van der Waals surface area contributed by atoms with Crippen LogP contribution in [-0.2, 0) is 4.74 Å². The number of fused-ring (bicyclic) bond motifs is 8. The lowest BCUT2D eigenvalue weighted by molar-refractivity contribution is -0.0810. The number of hydrogen-bond donors (Lipinski definition) is 0. The third-order valence-electron chi connectivity index (χ3n) is 19.7. The Balaban J connectivity index is 0.977. The van der Waals surface area contributed by atoms with Crippen molar-refractivity contribution >= 4 is 11.8 Å². The second kappa shape index (κ2) is 15.8. The van der Waals surface area contributed by atoms with Gasteiger partial charge in [0, 0.05) is 34.5 Å². The molecule has 0 spiro atoms. The molecule has 3 heteroatoms. The van der Waals surface area contributed by atoms with Crippen molar-refractivity contribution in [2.75, 3.05) is 0 Å². The van der Waals surface area contributed by atoms with Gasteiger partial charge in [-0.3, -0.25) is 4.90 Å². The summed E-state index contributed by atoms with van der Waals surface area (Å²) < 4.78 is 7.04. The molecule has 300 valence electrons. The monoisotopic (exact) mass is 746 g/mol. The summed E-state index contributed by atoms with van der Waals surface area (Å²) in [6, 6.07) is 2.60. The van der Waals surface area contributed by atoms with E-state index in [1.54, 1.807) is 64.2 Å². The van der Waals surface area contributed by atoms with Gasteiger partial charge < -0.3 is 4.74 Å². The Morgan fingerprint density at radius 3 is 1.75 bits per heavy atom. The maximum absolute atomic E-state index is 7.04. The SMILES string of the molecule is CC(C)(C)C1CCC(N(C2CCC(C3CCCCC3)CC2)C2CCC(C3CCCCC3)C3CCCCC32)C2SC3C(CCC4OC5CCCCC5C43)C21. The number of thioether (sulfide) groups is 1. The molecule has 0 radical (unpaired) electrons. The molecule has 0 bridgehead atoms. The molecule has 8 aliphatic carbocycles. The molecule has 2 heterocycles. The van der Waals surface area contributed by atoms with Gasteiger partial charge in [-0.1, -0.05) is 111 Å². The molecule has 14 atom stereocenters. The van der Waals surface area contributed by atoms with Crippen molar-refractivity contribution in [2.24, 2.45) is 70.5 Å². The number of hydrogen-bond acceptors (Lipinski definition) is 3. The Morgan fingerprint density at radius 2 is 1.02 bits per heavy atom. The van der Waals surface area contributed by atoms with Crippen LogP contribution < -0.4 is 0 Å². The molecule has 2 saturated heterocycles. The van der Waals surface area contributed by atoms with Crippen molar-refractivity contribution in [1.82, 2.24) is 4.90 Å². The van der Waals surface area contributed by atoms with Crippen LogP contribution in [0.3, 0.4) is 0 Å². The average Bonchev–Trinajstić information content (AvgIpc) is 3.78. The van der Waals surface area contributed by atoms with Crippen LogP contribution in [0.25, 0.3) is 0 Å². The van der Waals surface area contributed by atoms with E-state index in [4.69, 9.17) is 4.74 Å². The average molecular weight is 746 g/mol. The van der Waals surface area contributed by atoms with Crippen LogP contribution >= 0.6 is 11.8 Å². The molecule has 53 heavy (non-hydrogen) atoms. The molecule has 8 saturated carbocycles. The molecular formula is C50H83NOS. The van der Waals surface area contributed by atoms with Gasteiger partial charge >= 0.3 is 0 Å². The highest BCUT2D eigenvalue weighted by atomic mass is 32.2. The van der Waals surface area contributed by atoms with Gasteiger partial charge in [0.25, 0.3) is 0 Å². The van der Waals surface area contributed by atoms with Gasteiger partial charge in [0.15, 0.2) is 0 Å². The lowest BCUT2D eigenvalue weighted by Crippen LogP contribution is -2.62. The molecule has 10 aliphatic rings. The fraction of sp³-hybridized carbons (Fsp3) is 1.00. The zero-order chi connectivity index (χ0) is 35.7. The minimum atomic E-state index is 0.426. The van der Waals surface area contributed by atoms with E-state index in [0.29, 0.717) is 17.6 Å². The summed E-state index contributed by atoms with van der Waals surface area (Å²) >= 11 is 2.65. The standard InChI is InChI=1S/C50H83NOS/c1-50(2,3)41-28-30-43(49-46(41)40-27-31-45-47(48(40)53-49)39-20-12-13-21-44(39)52-45)51(35-24-22-33(23-25-35)32-14-6-4-7-15-32)42-29-26-36(34-16-8-5-9-17-34)37-18-10-11-19-38(37)42/h32-49H,4-31H2,1-3H3. The fourth-order valence-corrected chi connectivity index (χ4v) is 20.1. The molecule has 0 N–H and O–H groups in total. The van der Waals surface area contributed by atoms with E-state index < -0.39 is 0 Å². The highest BCUT2D eigenvalue weighted by molar-refractivity contribution is 8.00. The van der Waals surface area contributed by atoms with Crippen LogP contribution in [0.1, 0.15) is 201 Å². The lowest BCUT2D eigenvalue weighted by Gasteiger charge is -2.59. The molecule has 10 rings (SSSR count). The molecular weight excluding hydrogens is 663 g/mol. The van der Waals surface area contributed by atoms with Gasteiger partial charge in [-0.05, 0) is 154 Å². The van der Waals surface area contributed by atoms with Gasteiger partial charge in [-0.2, -0.15) is 11.8 Å². The van der Waals surface area contributed by atoms with Crippen LogP contribution in [0.4, 0.5) is 0 Å². The summed E-state index contributed by atoms with van der Waals surface area (Å²) in [5.74, 6) is 10.8. The van der Waals surface area contributed by atoms with Gasteiger partial charge in [-0.15, -0.1) is 0 Å². The first-order chi connectivity index (χ1) is 25.9. The van der Waals surface area contributed by atoms with Crippen LogP contribution in [0, 0.1) is 70.5 Å². The van der Waals surface area contributed by atoms with E-state index in [0.717, 1.165) is 93.7 Å². The van der Waals surface area contributed by atoms with Crippen molar-refractivity contribution in [3.63, 3.8) is 0 Å². The van der Waals surface area contributed by atoms with Crippen molar-refractivity contribution < 1.29 is 4.74 Å². The van der Waals surface area contributed by atoms with Gasteiger partial charge in [0.05, 0.1) is 12.2 Å². The molecule has 0 aromatic rings. The maximum Gasteiger partial charge on any atom is 0.0621 e. The first kappa shape index (κ1) is 37.5. The van der Waals surface area contributed by atoms with Crippen LogP contribution in [0.5, 0.6) is 0 Å². The molecule has 2 nitrogen and oxygen atoms in total. The quantitative estimate of drug-likeness (QED) is 0.278. The largest absolute Gasteiger partial charge is 0.374 e. The van der Waals surface area contributed by atoms with E-state index in [1.807, 2.05) is 0 Å². The normalized spacial score (nSPS) is 49.8. The number of rotatable bonds is 5. The number of ether oxygens (including phenoxy) is 1.